The minimum Gasteiger partial charge on any atom is -0.345 e. The summed E-state index contributed by atoms with van der Waals surface area (Å²) in [5.41, 5.74) is 3.99. The molecule has 1 N–H and O–H groups in total. The van der Waals surface area contributed by atoms with Gasteiger partial charge in [0.1, 0.15) is 0 Å². The van der Waals surface area contributed by atoms with E-state index in [-0.39, 0.29) is 17.9 Å². The van der Waals surface area contributed by atoms with Crippen molar-refractivity contribution in [1.82, 2.24) is 10.2 Å². The number of benzene rings is 2. The van der Waals surface area contributed by atoms with Gasteiger partial charge >= 0.3 is 0 Å². The third kappa shape index (κ3) is 3.47. The fraction of sp³-hybridized carbons (Fsp3) is 0.333. The Labute approximate surface area is 158 Å². The Hall–Kier alpha value is -2.33. The molecular formula is C21H21ClN2O2. The number of rotatable bonds is 4. The molecule has 2 amide bonds. The zero-order valence-corrected chi connectivity index (χ0v) is 15.3. The Morgan fingerprint density at radius 3 is 2.88 bits per heavy atom. The Balaban J connectivity index is 1.46. The topological polar surface area (TPSA) is 49.4 Å². The number of hydrogen-bond acceptors (Lipinski definition) is 2. The SMILES string of the molecule is O=C(N[C@H]1CCc2cc(Cl)ccc21)c1cccc(CN2CCCC2=O)c1. The molecule has 2 aliphatic rings. The van der Waals surface area contributed by atoms with Crippen molar-refractivity contribution >= 4 is 23.4 Å². The molecule has 4 rings (SSSR count). The van der Waals surface area contributed by atoms with Crippen molar-refractivity contribution in [3.8, 4) is 0 Å². The van der Waals surface area contributed by atoms with Crippen molar-refractivity contribution in [3.05, 3.63) is 69.7 Å². The van der Waals surface area contributed by atoms with Crippen LogP contribution in [0.25, 0.3) is 0 Å². The first-order valence-corrected chi connectivity index (χ1v) is 9.44. The summed E-state index contributed by atoms with van der Waals surface area (Å²) in [5, 5.41) is 3.87. The summed E-state index contributed by atoms with van der Waals surface area (Å²) in [7, 11) is 0. The van der Waals surface area contributed by atoms with Crippen molar-refractivity contribution in [1.29, 1.82) is 0 Å². The second-order valence-corrected chi connectivity index (χ2v) is 7.46. The van der Waals surface area contributed by atoms with Gasteiger partial charge in [-0.15, -0.1) is 0 Å². The molecule has 0 saturated carbocycles. The Morgan fingerprint density at radius 2 is 2.08 bits per heavy atom. The molecule has 4 nitrogen and oxygen atoms in total. The molecule has 5 heteroatoms. The van der Waals surface area contributed by atoms with E-state index in [4.69, 9.17) is 11.6 Å². The zero-order chi connectivity index (χ0) is 18.1. The summed E-state index contributed by atoms with van der Waals surface area (Å²) in [6, 6.07) is 13.4. The van der Waals surface area contributed by atoms with Crippen molar-refractivity contribution in [2.75, 3.05) is 6.54 Å². The van der Waals surface area contributed by atoms with Gasteiger partial charge in [-0.25, -0.2) is 0 Å². The number of fused-ring (bicyclic) bond motifs is 1. The largest absolute Gasteiger partial charge is 0.345 e. The lowest BCUT2D eigenvalue weighted by molar-refractivity contribution is -0.128. The molecule has 26 heavy (non-hydrogen) atoms. The monoisotopic (exact) mass is 368 g/mol. The van der Waals surface area contributed by atoms with Crippen LogP contribution in [0.2, 0.25) is 5.02 Å². The highest BCUT2D eigenvalue weighted by molar-refractivity contribution is 6.30. The van der Waals surface area contributed by atoms with Crippen LogP contribution < -0.4 is 5.32 Å². The predicted octanol–water partition coefficient (Wildman–Crippen LogP) is 3.88. The van der Waals surface area contributed by atoms with E-state index >= 15 is 0 Å². The van der Waals surface area contributed by atoms with Crippen molar-refractivity contribution < 1.29 is 9.59 Å². The van der Waals surface area contributed by atoms with Crippen LogP contribution in [0.15, 0.2) is 42.5 Å². The van der Waals surface area contributed by atoms with Gasteiger partial charge in [0.05, 0.1) is 6.04 Å². The summed E-state index contributed by atoms with van der Waals surface area (Å²) in [4.78, 5) is 26.4. The fourth-order valence-electron chi connectivity index (χ4n) is 3.88. The summed E-state index contributed by atoms with van der Waals surface area (Å²) in [5.74, 6) is 0.119. The highest BCUT2D eigenvalue weighted by atomic mass is 35.5. The average Bonchev–Trinajstić information content (AvgIpc) is 3.21. The normalized spacial score (nSPS) is 18.9. The molecule has 0 unspecified atom stereocenters. The first-order valence-electron chi connectivity index (χ1n) is 9.06. The van der Waals surface area contributed by atoms with E-state index in [2.05, 4.69) is 5.32 Å². The maximum atomic E-state index is 12.7. The maximum absolute atomic E-state index is 12.7. The minimum absolute atomic E-state index is 0.0265. The van der Waals surface area contributed by atoms with Gasteiger partial charge in [-0.1, -0.05) is 29.8 Å². The molecule has 134 valence electrons. The second-order valence-electron chi connectivity index (χ2n) is 7.03. The smallest absolute Gasteiger partial charge is 0.251 e. The molecule has 2 aromatic carbocycles. The Morgan fingerprint density at radius 1 is 1.19 bits per heavy atom. The van der Waals surface area contributed by atoms with Gasteiger partial charge in [-0.2, -0.15) is 0 Å². The van der Waals surface area contributed by atoms with Crippen molar-refractivity contribution in [2.24, 2.45) is 0 Å². The van der Waals surface area contributed by atoms with E-state index in [1.165, 1.54) is 5.56 Å². The zero-order valence-electron chi connectivity index (χ0n) is 14.5. The molecule has 0 aromatic heterocycles. The van der Waals surface area contributed by atoms with Crippen LogP contribution in [0.4, 0.5) is 0 Å². The molecule has 0 bridgehead atoms. The van der Waals surface area contributed by atoms with E-state index in [1.54, 1.807) is 0 Å². The molecule has 1 atom stereocenters. The highest BCUT2D eigenvalue weighted by Gasteiger charge is 2.25. The van der Waals surface area contributed by atoms with Crippen LogP contribution in [0, 0.1) is 0 Å². The van der Waals surface area contributed by atoms with Crippen LogP contribution in [-0.2, 0) is 17.8 Å². The number of nitrogens with one attached hydrogen (secondary N) is 1. The van der Waals surface area contributed by atoms with Gasteiger partial charge in [-0.05, 0) is 60.2 Å². The second kappa shape index (κ2) is 7.12. The Kier molecular flexibility index (Phi) is 4.68. The van der Waals surface area contributed by atoms with E-state index < -0.39 is 0 Å². The first-order chi connectivity index (χ1) is 12.6. The number of nitrogens with zero attached hydrogens (tertiary/aromatic N) is 1. The third-order valence-electron chi connectivity index (χ3n) is 5.22. The molecule has 0 spiro atoms. The summed E-state index contributed by atoms with van der Waals surface area (Å²) >= 11 is 6.05. The minimum atomic E-state index is -0.0765. The molecule has 1 aliphatic heterocycles. The van der Waals surface area contributed by atoms with E-state index in [0.717, 1.165) is 42.0 Å². The summed E-state index contributed by atoms with van der Waals surface area (Å²) < 4.78 is 0. The molecule has 1 heterocycles. The van der Waals surface area contributed by atoms with Crippen LogP contribution in [0.1, 0.15) is 52.4 Å². The summed E-state index contributed by atoms with van der Waals surface area (Å²) in [6.07, 6.45) is 3.37. The predicted molar refractivity (Wildman–Crippen MR) is 101 cm³/mol. The van der Waals surface area contributed by atoms with Crippen molar-refractivity contribution in [2.45, 2.75) is 38.3 Å². The molecule has 1 fully saturated rings. The van der Waals surface area contributed by atoms with Gasteiger partial charge in [-0.3, -0.25) is 9.59 Å². The fourth-order valence-corrected chi connectivity index (χ4v) is 4.07. The van der Waals surface area contributed by atoms with Crippen LogP contribution in [-0.4, -0.2) is 23.3 Å². The van der Waals surface area contributed by atoms with Crippen LogP contribution >= 0.6 is 11.6 Å². The van der Waals surface area contributed by atoms with Crippen LogP contribution in [0.3, 0.4) is 0 Å². The molecule has 0 radical (unpaired) electrons. The number of hydrogen-bond donors (Lipinski definition) is 1. The molecule has 2 aromatic rings. The van der Waals surface area contributed by atoms with Gasteiger partial charge in [0.2, 0.25) is 5.91 Å². The third-order valence-corrected chi connectivity index (χ3v) is 5.46. The lowest BCUT2D eigenvalue weighted by atomic mass is 10.1. The van der Waals surface area contributed by atoms with Gasteiger partial charge in [0.25, 0.3) is 5.91 Å². The highest BCUT2D eigenvalue weighted by Crippen LogP contribution is 2.33. The van der Waals surface area contributed by atoms with Crippen molar-refractivity contribution in [3.63, 3.8) is 0 Å². The van der Waals surface area contributed by atoms with Gasteiger partial charge in [0.15, 0.2) is 0 Å². The molecular weight excluding hydrogens is 348 g/mol. The maximum Gasteiger partial charge on any atom is 0.251 e. The number of carbonyl (C=O) groups is 2. The van der Waals surface area contributed by atoms with E-state index in [9.17, 15) is 9.59 Å². The lowest BCUT2D eigenvalue weighted by Crippen LogP contribution is -2.27. The van der Waals surface area contributed by atoms with Gasteiger partial charge in [0, 0.05) is 30.1 Å². The number of amides is 2. The standard InChI is InChI=1S/C21H21ClN2O2/c22-17-7-8-18-15(12-17)6-9-19(18)23-21(26)16-4-1-3-14(11-16)13-24-10-2-5-20(24)25/h1,3-4,7-8,11-12,19H,2,5-6,9-10,13H2,(H,23,26)/t19-/m0/s1. The first kappa shape index (κ1) is 17.1. The Bertz CT molecular complexity index is 865. The van der Waals surface area contributed by atoms with Crippen LogP contribution in [0.5, 0.6) is 0 Å². The number of likely N-dealkylation sites (tertiary alicyclic amines) is 1. The number of aryl methyl sites for hydroxylation is 1. The molecule has 1 saturated heterocycles. The quantitative estimate of drug-likeness (QED) is 0.890. The average molecular weight is 369 g/mol. The van der Waals surface area contributed by atoms with Gasteiger partial charge < -0.3 is 10.2 Å². The van der Waals surface area contributed by atoms with E-state index in [1.807, 2.05) is 47.4 Å². The number of carbonyl (C=O) groups excluding carboxylic acids is 2. The summed E-state index contributed by atoms with van der Waals surface area (Å²) in [6.45, 7) is 1.38. The number of halogens is 1. The molecule has 1 aliphatic carbocycles. The lowest BCUT2D eigenvalue weighted by Gasteiger charge is -2.17. The van der Waals surface area contributed by atoms with E-state index in [0.29, 0.717) is 18.5 Å².